The number of para-hydroxylation sites is 1. The SMILES string of the molecule is CCCCCCN1/C(=C/C=C/C2=[N+](CCCOc3ccc(O)cc3)c3ccccc3C2(C)C)C(C)(C)c2cc(S(=O)(=O)O)ccc21. The molecule has 0 amide bonds. The minimum atomic E-state index is -4.31. The van der Waals surface area contributed by atoms with E-state index in [4.69, 9.17) is 4.74 Å². The summed E-state index contributed by atoms with van der Waals surface area (Å²) in [7, 11) is -4.31. The number of phenolic OH excluding ortho intramolecular Hbond substituents is 1. The Morgan fingerprint density at radius 1 is 0.891 bits per heavy atom. The predicted molar refractivity (Wildman–Crippen MR) is 185 cm³/mol. The van der Waals surface area contributed by atoms with Gasteiger partial charge in [0.1, 0.15) is 11.5 Å². The van der Waals surface area contributed by atoms with Crippen LogP contribution >= 0.6 is 0 Å². The molecule has 0 bridgehead atoms. The van der Waals surface area contributed by atoms with E-state index in [0.29, 0.717) is 6.61 Å². The first-order chi connectivity index (χ1) is 21.9. The number of ether oxygens (including phenoxy) is 1. The van der Waals surface area contributed by atoms with Crippen molar-refractivity contribution < 1.29 is 27.4 Å². The van der Waals surface area contributed by atoms with E-state index in [9.17, 15) is 18.1 Å². The number of unbranched alkanes of at least 4 members (excludes halogenated alkanes) is 3. The smallest absolute Gasteiger partial charge is 0.294 e. The Hall–Kier alpha value is -3.88. The highest BCUT2D eigenvalue weighted by molar-refractivity contribution is 7.85. The molecule has 0 saturated heterocycles. The van der Waals surface area contributed by atoms with E-state index in [-0.39, 0.29) is 16.1 Å². The summed E-state index contributed by atoms with van der Waals surface area (Å²) in [5.41, 5.74) is 6.01. The number of fused-ring (bicyclic) bond motifs is 2. The number of hydrogen-bond acceptors (Lipinski definition) is 5. The first kappa shape index (κ1) is 33.5. The third-order valence-electron chi connectivity index (χ3n) is 9.34. The monoisotopic (exact) mass is 643 g/mol. The standard InChI is InChI=1S/C38H46N2O5S/c1-6-7-8-11-24-39-34-23-22-30(46(42,43)44)27-32(34)38(4,5)36(39)17-12-16-35-37(2,3)31-14-9-10-15-33(31)40(35)25-13-26-45-29-20-18-28(41)19-21-29/h9-10,12,14-23,27H,6-8,11,13,24-26H2,1-5H3,(H-,41,42,43,44)/p+1. The van der Waals surface area contributed by atoms with E-state index in [0.717, 1.165) is 61.5 Å². The number of nitrogens with zero attached hydrogens (tertiary/aromatic N) is 2. The van der Waals surface area contributed by atoms with Crippen LogP contribution in [0.5, 0.6) is 11.5 Å². The summed E-state index contributed by atoms with van der Waals surface area (Å²) in [6.07, 6.45) is 11.8. The summed E-state index contributed by atoms with van der Waals surface area (Å²) in [4.78, 5) is 2.24. The van der Waals surface area contributed by atoms with Gasteiger partial charge in [-0.05, 0) is 74.4 Å². The van der Waals surface area contributed by atoms with Gasteiger partial charge >= 0.3 is 0 Å². The van der Waals surface area contributed by atoms with E-state index >= 15 is 0 Å². The Morgan fingerprint density at radius 3 is 2.35 bits per heavy atom. The fourth-order valence-corrected chi connectivity index (χ4v) is 7.33. The molecule has 7 nitrogen and oxygen atoms in total. The van der Waals surface area contributed by atoms with Crippen molar-refractivity contribution in [2.24, 2.45) is 0 Å². The van der Waals surface area contributed by atoms with Crippen molar-refractivity contribution in [1.82, 2.24) is 0 Å². The lowest BCUT2D eigenvalue weighted by atomic mass is 9.81. The zero-order chi connectivity index (χ0) is 33.1. The van der Waals surface area contributed by atoms with Gasteiger partial charge in [-0.25, -0.2) is 0 Å². The van der Waals surface area contributed by atoms with Crippen LogP contribution in [0.4, 0.5) is 11.4 Å². The number of rotatable bonds is 13. The maximum Gasteiger partial charge on any atom is 0.294 e. The lowest BCUT2D eigenvalue weighted by Crippen LogP contribution is -2.28. The van der Waals surface area contributed by atoms with Gasteiger partial charge in [-0.1, -0.05) is 64.3 Å². The van der Waals surface area contributed by atoms with Crippen molar-refractivity contribution in [3.8, 4) is 11.5 Å². The zero-order valence-corrected chi connectivity index (χ0v) is 28.5. The molecule has 0 spiro atoms. The van der Waals surface area contributed by atoms with Gasteiger partial charge < -0.3 is 14.7 Å². The zero-order valence-electron chi connectivity index (χ0n) is 27.7. The van der Waals surface area contributed by atoms with Gasteiger partial charge in [0.25, 0.3) is 10.1 Å². The highest BCUT2D eigenvalue weighted by Crippen LogP contribution is 2.48. The van der Waals surface area contributed by atoms with E-state index in [1.165, 1.54) is 29.4 Å². The fourth-order valence-electron chi connectivity index (χ4n) is 6.82. The van der Waals surface area contributed by atoms with Crippen molar-refractivity contribution in [3.63, 3.8) is 0 Å². The number of hydrogen-bond donors (Lipinski definition) is 2. The molecule has 244 valence electrons. The van der Waals surface area contributed by atoms with Crippen molar-refractivity contribution >= 4 is 27.2 Å². The Labute approximate surface area is 274 Å². The summed E-state index contributed by atoms with van der Waals surface area (Å²) in [5, 5.41) is 9.56. The highest BCUT2D eigenvalue weighted by Gasteiger charge is 2.44. The van der Waals surface area contributed by atoms with Crippen LogP contribution in [0.15, 0.2) is 95.6 Å². The molecule has 2 aliphatic heterocycles. The van der Waals surface area contributed by atoms with Crippen LogP contribution in [0.3, 0.4) is 0 Å². The van der Waals surface area contributed by atoms with E-state index in [2.05, 4.69) is 86.6 Å². The van der Waals surface area contributed by atoms with Crippen LogP contribution in [0.2, 0.25) is 0 Å². The van der Waals surface area contributed by atoms with Crippen LogP contribution < -0.4 is 9.64 Å². The van der Waals surface area contributed by atoms with Crippen molar-refractivity contribution in [2.45, 2.75) is 82.4 Å². The molecule has 3 aromatic carbocycles. The molecule has 0 unspecified atom stereocenters. The Kier molecular flexibility index (Phi) is 9.80. The summed E-state index contributed by atoms with van der Waals surface area (Å²) in [5.74, 6) is 0.954. The van der Waals surface area contributed by atoms with E-state index < -0.39 is 15.5 Å². The molecule has 0 aromatic heterocycles. The fraction of sp³-hybridized carbons (Fsp3) is 0.395. The predicted octanol–water partition coefficient (Wildman–Crippen LogP) is 8.30. The third kappa shape index (κ3) is 6.79. The van der Waals surface area contributed by atoms with Crippen LogP contribution in [0.1, 0.15) is 77.8 Å². The van der Waals surface area contributed by atoms with Gasteiger partial charge in [0, 0.05) is 47.5 Å². The van der Waals surface area contributed by atoms with Gasteiger partial charge in [-0.2, -0.15) is 13.0 Å². The number of aromatic hydroxyl groups is 1. The first-order valence-corrected chi connectivity index (χ1v) is 17.7. The molecule has 0 aliphatic carbocycles. The Morgan fingerprint density at radius 2 is 1.63 bits per heavy atom. The lowest BCUT2D eigenvalue weighted by molar-refractivity contribution is -0.438. The minimum absolute atomic E-state index is 0.0758. The van der Waals surface area contributed by atoms with E-state index in [1.807, 2.05) is 6.07 Å². The molecule has 0 fully saturated rings. The van der Waals surface area contributed by atoms with Gasteiger partial charge in [-0.3, -0.25) is 4.55 Å². The molecule has 0 saturated carbocycles. The molecular weight excluding hydrogens is 596 g/mol. The van der Waals surface area contributed by atoms with Gasteiger partial charge in [0.15, 0.2) is 12.3 Å². The minimum Gasteiger partial charge on any atom is -0.508 e. The number of anilines is 1. The summed E-state index contributed by atoms with van der Waals surface area (Å²) in [6, 6.07) is 20.3. The van der Waals surface area contributed by atoms with Crippen molar-refractivity contribution in [3.05, 3.63) is 102 Å². The van der Waals surface area contributed by atoms with Crippen LogP contribution in [0, 0.1) is 0 Å². The second-order valence-electron chi connectivity index (χ2n) is 13.3. The average molecular weight is 644 g/mol. The van der Waals surface area contributed by atoms with Crippen molar-refractivity contribution in [2.75, 3.05) is 24.6 Å². The largest absolute Gasteiger partial charge is 0.508 e. The molecule has 8 heteroatoms. The van der Waals surface area contributed by atoms with Gasteiger partial charge in [0.05, 0.1) is 16.9 Å². The number of phenols is 1. The van der Waals surface area contributed by atoms with Crippen LogP contribution in [-0.4, -0.2) is 48.1 Å². The van der Waals surface area contributed by atoms with Crippen LogP contribution in [0.25, 0.3) is 0 Å². The molecular formula is C38H47N2O5S+. The second kappa shape index (κ2) is 13.5. The quantitative estimate of drug-likeness (QED) is 0.111. The summed E-state index contributed by atoms with van der Waals surface area (Å²) in [6.45, 7) is 13.1. The van der Waals surface area contributed by atoms with Gasteiger partial charge in [-0.15, -0.1) is 0 Å². The second-order valence-corrected chi connectivity index (χ2v) is 14.7. The summed E-state index contributed by atoms with van der Waals surface area (Å²) >= 11 is 0. The third-order valence-corrected chi connectivity index (χ3v) is 10.2. The van der Waals surface area contributed by atoms with Crippen molar-refractivity contribution in [1.29, 1.82) is 0 Å². The number of allylic oxidation sites excluding steroid dienone is 4. The maximum atomic E-state index is 12.0. The van der Waals surface area contributed by atoms with E-state index in [1.54, 1.807) is 30.3 Å². The normalized spacial score (nSPS) is 17.6. The molecule has 5 rings (SSSR count). The summed E-state index contributed by atoms with van der Waals surface area (Å²) < 4.78 is 42.2. The molecule has 2 N–H and O–H groups in total. The molecule has 2 aliphatic rings. The first-order valence-electron chi connectivity index (χ1n) is 16.3. The topological polar surface area (TPSA) is 90.1 Å². The molecule has 0 radical (unpaired) electrons. The highest BCUT2D eigenvalue weighted by atomic mass is 32.2. The Balaban J connectivity index is 1.46. The molecule has 46 heavy (non-hydrogen) atoms. The molecule has 0 atom stereocenters. The number of benzene rings is 3. The Bertz CT molecular complexity index is 1770. The average Bonchev–Trinajstić information content (AvgIpc) is 3.36. The van der Waals surface area contributed by atoms with Crippen LogP contribution in [-0.2, 0) is 20.9 Å². The van der Waals surface area contributed by atoms with Gasteiger partial charge in [0.2, 0.25) is 5.69 Å². The maximum absolute atomic E-state index is 12.0. The lowest BCUT2D eigenvalue weighted by Gasteiger charge is -2.27. The molecule has 2 heterocycles. The molecule has 3 aromatic rings.